The molecule has 0 radical (unpaired) electrons. The lowest BCUT2D eigenvalue weighted by Gasteiger charge is -2.20. The fourth-order valence-corrected chi connectivity index (χ4v) is 3.03. The molecule has 0 bridgehead atoms. The molecule has 0 aromatic heterocycles. The quantitative estimate of drug-likeness (QED) is 0.545. The van der Waals surface area contributed by atoms with Gasteiger partial charge in [0.1, 0.15) is 5.75 Å². The smallest absolute Gasteiger partial charge is 0.344 e. The zero-order valence-corrected chi connectivity index (χ0v) is 16.5. The van der Waals surface area contributed by atoms with Gasteiger partial charge in [-0.25, -0.2) is 4.79 Å². The van der Waals surface area contributed by atoms with Crippen molar-refractivity contribution in [2.75, 3.05) is 26.3 Å². The van der Waals surface area contributed by atoms with Crippen LogP contribution in [0.2, 0.25) is 5.02 Å². The maximum Gasteiger partial charge on any atom is 0.344 e. The standard InChI is InChI=1S/C17H17BrClN3O4/c1-12-8-13(18)9-14(19)17(12)26-11-16(24)25-10-15(23)22(6-2-4-20)7-3-5-21/h8-9H,2-3,6-7,10-11H2,1H3. The van der Waals surface area contributed by atoms with Crippen LogP contribution in [-0.4, -0.2) is 43.1 Å². The molecule has 0 saturated carbocycles. The molecule has 26 heavy (non-hydrogen) atoms. The molecule has 0 unspecified atom stereocenters. The fraction of sp³-hybridized carbons (Fsp3) is 0.412. The van der Waals surface area contributed by atoms with E-state index in [-0.39, 0.29) is 25.9 Å². The molecule has 1 aromatic rings. The maximum atomic E-state index is 12.0. The van der Waals surface area contributed by atoms with Gasteiger partial charge in [0.15, 0.2) is 13.2 Å². The zero-order valence-electron chi connectivity index (χ0n) is 14.1. The van der Waals surface area contributed by atoms with Crippen LogP contribution in [0.5, 0.6) is 5.75 Å². The molecule has 0 aliphatic heterocycles. The Kier molecular flexibility index (Phi) is 9.50. The summed E-state index contributed by atoms with van der Waals surface area (Å²) in [6, 6.07) is 7.28. The molecule has 0 N–H and O–H groups in total. The van der Waals surface area contributed by atoms with Crippen LogP contribution in [0.3, 0.4) is 0 Å². The van der Waals surface area contributed by atoms with E-state index in [0.717, 1.165) is 10.0 Å². The highest BCUT2D eigenvalue weighted by atomic mass is 79.9. The van der Waals surface area contributed by atoms with Crippen molar-refractivity contribution in [2.24, 2.45) is 0 Å². The first kappa shape index (κ1) is 21.8. The van der Waals surface area contributed by atoms with E-state index in [0.29, 0.717) is 10.8 Å². The molecule has 0 heterocycles. The van der Waals surface area contributed by atoms with E-state index < -0.39 is 25.1 Å². The summed E-state index contributed by atoms with van der Waals surface area (Å²) < 4.78 is 11.1. The predicted molar refractivity (Wildman–Crippen MR) is 97.4 cm³/mol. The monoisotopic (exact) mass is 441 g/mol. The maximum absolute atomic E-state index is 12.0. The molecule has 9 heteroatoms. The Morgan fingerprint density at radius 3 is 2.35 bits per heavy atom. The van der Waals surface area contributed by atoms with Gasteiger partial charge in [0.2, 0.25) is 0 Å². The third kappa shape index (κ3) is 7.30. The van der Waals surface area contributed by atoms with Crippen LogP contribution < -0.4 is 4.74 Å². The Morgan fingerprint density at radius 1 is 1.19 bits per heavy atom. The highest BCUT2D eigenvalue weighted by Gasteiger charge is 2.16. The van der Waals surface area contributed by atoms with E-state index in [2.05, 4.69) is 15.9 Å². The number of nitrogens with zero attached hydrogens (tertiary/aromatic N) is 3. The summed E-state index contributed by atoms with van der Waals surface area (Å²) in [4.78, 5) is 25.1. The summed E-state index contributed by atoms with van der Waals surface area (Å²) in [5.74, 6) is -0.832. The largest absolute Gasteiger partial charge is 0.480 e. The number of carbonyl (C=O) groups is 2. The van der Waals surface area contributed by atoms with Crippen LogP contribution in [0.15, 0.2) is 16.6 Å². The zero-order chi connectivity index (χ0) is 19.5. The lowest BCUT2D eigenvalue weighted by molar-refractivity contribution is -0.153. The minimum absolute atomic E-state index is 0.134. The third-order valence-electron chi connectivity index (χ3n) is 3.22. The normalized spacial score (nSPS) is 9.73. The topological polar surface area (TPSA) is 103 Å². The number of rotatable bonds is 9. The number of amides is 1. The van der Waals surface area contributed by atoms with E-state index in [1.165, 1.54) is 4.90 Å². The summed E-state index contributed by atoms with van der Waals surface area (Å²) in [7, 11) is 0. The number of nitriles is 2. The van der Waals surface area contributed by atoms with E-state index in [1.807, 2.05) is 12.1 Å². The molecule has 1 aromatic carbocycles. The number of esters is 1. The molecule has 1 amide bonds. The molecule has 0 saturated heterocycles. The summed E-state index contributed by atoms with van der Waals surface area (Å²) in [5.41, 5.74) is 0.743. The van der Waals surface area contributed by atoms with Crippen molar-refractivity contribution in [3.05, 3.63) is 27.2 Å². The van der Waals surface area contributed by atoms with Crippen molar-refractivity contribution >= 4 is 39.4 Å². The number of halogens is 2. The average molecular weight is 443 g/mol. The van der Waals surface area contributed by atoms with Crippen LogP contribution in [0.25, 0.3) is 0 Å². The third-order valence-corrected chi connectivity index (χ3v) is 3.96. The Labute approximate surface area is 165 Å². The first-order valence-electron chi connectivity index (χ1n) is 7.64. The predicted octanol–water partition coefficient (Wildman–Crippen LogP) is 2.99. The number of carbonyl (C=O) groups excluding carboxylic acids is 2. The summed E-state index contributed by atoms with van der Waals surface area (Å²) in [6.45, 7) is 1.26. The Bertz CT molecular complexity index is 701. The van der Waals surface area contributed by atoms with Gasteiger partial charge in [0.25, 0.3) is 5.91 Å². The number of ether oxygens (including phenoxy) is 2. The van der Waals surface area contributed by atoms with Crippen LogP contribution in [0, 0.1) is 29.6 Å². The summed E-state index contributed by atoms with van der Waals surface area (Å²) >= 11 is 9.37. The fourth-order valence-electron chi connectivity index (χ4n) is 2.01. The van der Waals surface area contributed by atoms with Crippen LogP contribution in [0.1, 0.15) is 18.4 Å². The molecule has 0 spiro atoms. The summed E-state index contributed by atoms with van der Waals surface area (Å²) in [6.07, 6.45) is 0.269. The van der Waals surface area contributed by atoms with Crippen molar-refractivity contribution in [3.8, 4) is 17.9 Å². The van der Waals surface area contributed by atoms with Gasteiger partial charge in [-0.2, -0.15) is 10.5 Å². The van der Waals surface area contributed by atoms with Gasteiger partial charge in [-0.1, -0.05) is 27.5 Å². The van der Waals surface area contributed by atoms with Gasteiger partial charge in [-0.05, 0) is 24.6 Å². The van der Waals surface area contributed by atoms with E-state index in [1.54, 1.807) is 19.1 Å². The number of benzene rings is 1. The number of hydrogen-bond acceptors (Lipinski definition) is 6. The van der Waals surface area contributed by atoms with Crippen molar-refractivity contribution in [1.82, 2.24) is 4.90 Å². The molecular weight excluding hydrogens is 426 g/mol. The molecule has 0 aliphatic rings. The van der Waals surface area contributed by atoms with Crippen LogP contribution in [0.4, 0.5) is 0 Å². The molecule has 0 aliphatic carbocycles. The van der Waals surface area contributed by atoms with Gasteiger partial charge in [-0.3, -0.25) is 4.79 Å². The number of hydrogen-bond donors (Lipinski definition) is 0. The molecule has 1 rings (SSSR count). The lowest BCUT2D eigenvalue weighted by atomic mass is 10.2. The van der Waals surface area contributed by atoms with Crippen molar-refractivity contribution in [3.63, 3.8) is 0 Å². The van der Waals surface area contributed by atoms with Crippen molar-refractivity contribution < 1.29 is 19.1 Å². The van der Waals surface area contributed by atoms with Gasteiger partial charge in [0, 0.05) is 17.6 Å². The van der Waals surface area contributed by atoms with Gasteiger partial charge in [-0.15, -0.1) is 0 Å². The minimum Gasteiger partial charge on any atom is -0.480 e. The molecule has 138 valence electrons. The van der Waals surface area contributed by atoms with Crippen LogP contribution in [-0.2, 0) is 14.3 Å². The van der Waals surface area contributed by atoms with E-state index >= 15 is 0 Å². The minimum atomic E-state index is -0.725. The second-order valence-electron chi connectivity index (χ2n) is 5.18. The second-order valence-corrected chi connectivity index (χ2v) is 6.50. The SMILES string of the molecule is Cc1cc(Br)cc(Cl)c1OCC(=O)OCC(=O)N(CCC#N)CCC#N. The first-order chi connectivity index (χ1) is 12.4. The van der Waals surface area contributed by atoms with Crippen molar-refractivity contribution in [2.45, 2.75) is 19.8 Å². The molecule has 7 nitrogen and oxygen atoms in total. The Morgan fingerprint density at radius 2 is 1.81 bits per heavy atom. The van der Waals surface area contributed by atoms with Gasteiger partial charge >= 0.3 is 5.97 Å². The summed E-state index contributed by atoms with van der Waals surface area (Å²) in [5, 5.41) is 17.6. The van der Waals surface area contributed by atoms with E-state index in [9.17, 15) is 9.59 Å². The second kappa shape index (κ2) is 11.3. The lowest BCUT2D eigenvalue weighted by Crippen LogP contribution is -2.36. The molecular formula is C17H17BrClN3O4. The first-order valence-corrected chi connectivity index (χ1v) is 8.81. The Hall–Kier alpha value is -2.29. The molecule has 0 fully saturated rings. The van der Waals surface area contributed by atoms with Gasteiger partial charge < -0.3 is 14.4 Å². The average Bonchev–Trinajstić information content (AvgIpc) is 2.58. The highest BCUT2D eigenvalue weighted by molar-refractivity contribution is 9.10. The van der Waals surface area contributed by atoms with Gasteiger partial charge in [0.05, 0.1) is 30.0 Å². The number of aryl methyl sites for hydroxylation is 1. The van der Waals surface area contributed by atoms with Crippen molar-refractivity contribution in [1.29, 1.82) is 10.5 Å². The van der Waals surface area contributed by atoms with E-state index in [4.69, 9.17) is 31.6 Å². The molecule has 0 atom stereocenters. The highest BCUT2D eigenvalue weighted by Crippen LogP contribution is 2.31. The van der Waals surface area contributed by atoms with Crippen LogP contribution >= 0.6 is 27.5 Å². The Balaban J connectivity index is 2.51.